The SMILES string of the molecule is CCOc1ccccc1NC(=O)N(CCc1ccccc1)c1ccc(Sc2ccc(C(CC)C(=O)O)cc2)cc1. The van der Waals surface area contributed by atoms with Crippen LogP contribution in [0.15, 0.2) is 113 Å². The molecule has 0 aliphatic rings. The number of carbonyl (C=O) groups is 2. The minimum absolute atomic E-state index is 0.233. The van der Waals surface area contributed by atoms with Crippen LogP contribution in [0.3, 0.4) is 0 Å². The first kappa shape index (κ1) is 28.8. The lowest BCUT2D eigenvalue weighted by Gasteiger charge is -2.24. The molecular formula is C33H34N2O4S. The van der Waals surface area contributed by atoms with Gasteiger partial charge in [-0.15, -0.1) is 0 Å². The van der Waals surface area contributed by atoms with Crippen molar-refractivity contribution in [2.24, 2.45) is 0 Å². The summed E-state index contributed by atoms with van der Waals surface area (Å²) in [6.45, 7) is 4.80. The van der Waals surface area contributed by atoms with Crippen LogP contribution in [-0.2, 0) is 11.2 Å². The van der Waals surface area contributed by atoms with Crippen LogP contribution < -0.4 is 15.0 Å². The van der Waals surface area contributed by atoms with E-state index in [0.29, 0.717) is 37.4 Å². The predicted octanol–water partition coefficient (Wildman–Crippen LogP) is 8.10. The van der Waals surface area contributed by atoms with Gasteiger partial charge >= 0.3 is 12.0 Å². The number of aliphatic carboxylic acids is 1. The maximum Gasteiger partial charge on any atom is 0.326 e. The third kappa shape index (κ3) is 7.67. The fraction of sp³-hybridized carbons (Fsp3) is 0.212. The molecule has 4 aromatic rings. The van der Waals surface area contributed by atoms with Crippen LogP contribution in [0.25, 0.3) is 0 Å². The van der Waals surface area contributed by atoms with Crippen LogP contribution in [-0.4, -0.2) is 30.3 Å². The van der Waals surface area contributed by atoms with E-state index < -0.39 is 11.9 Å². The molecule has 0 aromatic heterocycles. The van der Waals surface area contributed by atoms with E-state index in [1.807, 2.05) is 105 Å². The van der Waals surface area contributed by atoms with E-state index in [-0.39, 0.29) is 6.03 Å². The van der Waals surface area contributed by atoms with Crippen molar-refractivity contribution >= 4 is 35.1 Å². The highest BCUT2D eigenvalue weighted by atomic mass is 32.2. The Labute approximate surface area is 240 Å². The molecule has 0 spiro atoms. The fourth-order valence-electron chi connectivity index (χ4n) is 4.42. The van der Waals surface area contributed by atoms with Gasteiger partial charge in [0, 0.05) is 22.0 Å². The van der Waals surface area contributed by atoms with Gasteiger partial charge in [0.15, 0.2) is 0 Å². The molecule has 6 nitrogen and oxygen atoms in total. The second kappa shape index (κ2) is 14.2. The minimum atomic E-state index is -0.805. The number of rotatable bonds is 12. The summed E-state index contributed by atoms with van der Waals surface area (Å²) in [7, 11) is 0. The van der Waals surface area contributed by atoms with Gasteiger partial charge in [-0.1, -0.05) is 73.3 Å². The van der Waals surface area contributed by atoms with Crippen molar-refractivity contribution in [2.75, 3.05) is 23.4 Å². The molecule has 1 atom stereocenters. The Morgan fingerprint density at radius 2 is 1.48 bits per heavy atom. The number of carbonyl (C=O) groups excluding carboxylic acids is 1. The molecule has 0 aliphatic carbocycles. The largest absolute Gasteiger partial charge is 0.492 e. The quantitative estimate of drug-likeness (QED) is 0.185. The maximum atomic E-state index is 13.5. The summed E-state index contributed by atoms with van der Waals surface area (Å²) < 4.78 is 5.70. The molecule has 0 bridgehead atoms. The molecule has 40 heavy (non-hydrogen) atoms. The second-order valence-electron chi connectivity index (χ2n) is 9.21. The number of carboxylic acid groups (broad SMARTS) is 1. The normalized spacial score (nSPS) is 11.4. The Morgan fingerprint density at radius 1 is 0.850 bits per heavy atom. The van der Waals surface area contributed by atoms with E-state index in [1.54, 1.807) is 16.7 Å². The second-order valence-corrected chi connectivity index (χ2v) is 10.4. The number of ether oxygens (including phenoxy) is 1. The Morgan fingerprint density at radius 3 is 2.10 bits per heavy atom. The zero-order valence-electron chi connectivity index (χ0n) is 22.7. The van der Waals surface area contributed by atoms with Crippen molar-refractivity contribution in [3.63, 3.8) is 0 Å². The molecule has 4 rings (SSSR count). The van der Waals surface area contributed by atoms with Gasteiger partial charge in [0.1, 0.15) is 5.75 Å². The zero-order valence-corrected chi connectivity index (χ0v) is 23.6. The molecule has 2 N–H and O–H groups in total. The van der Waals surface area contributed by atoms with Gasteiger partial charge in [0.2, 0.25) is 0 Å². The average Bonchev–Trinajstić information content (AvgIpc) is 2.97. The van der Waals surface area contributed by atoms with Crippen LogP contribution in [0.5, 0.6) is 5.75 Å². The number of para-hydroxylation sites is 2. The van der Waals surface area contributed by atoms with Crippen molar-refractivity contribution in [3.8, 4) is 5.75 Å². The van der Waals surface area contributed by atoms with Gasteiger partial charge in [0.25, 0.3) is 0 Å². The van der Waals surface area contributed by atoms with Crippen LogP contribution in [0.4, 0.5) is 16.2 Å². The number of hydrogen-bond acceptors (Lipinski definition) is 4. The Balaban J connectivity index is 1.51. The van der Waals surface area contributed by atoms with Crippen molar-refractivity contribution < 1.29 is 19.4 Å². The summed E-state index contributed by atoms with van der Waals surface area (Å²) in [6, 6.07) is 32.9. The number of amides is 2. The van der Waals surface area contributed by atoms with Gasteiger partial charge in [0.05, 0.1) is 18.2 Å². The summed E-state index contributed by atoms with van der Waals surface area (Å²) in [5.74, 6) is -0.666. The van der Waals surface area contributed by atoms with Gasteiger partial charge in [-0.2, -0.15) is 0 Å². The third-order valence-electron chi connectivity index (χ3n) is 6.51. The van der Waals surface area contributed by atoms with E-state index in [0.717, 1.165) is 26.6 Å². The number of benzene rings is 4. The smallest absolute Gasteiger partial charge is 0.326 e. The van der Waals surface area contributed by atoms with Crippen molar-refractivity contribution in [3.05, 3.63) is 114 Å². The number of nitrogens with zero attached hydrogens (tertiary/aromatic N) is 1. The highest BCUT2D eigenvalue weighted by Crippen LogP contribution is 2.32. The molecule has 2 amide bonds. The van der Waals surface area contributed by atoms with Crippen LogP contribution in [0.2, 0.25) is 0 Å². The maximum absolute atomic E-state index is 13.5. The van der Waals surface area contributed by atoms with E-state index in [1.165, 1.54) is 0 Å². The van der Waals surface area contributed by atoms with Gasteiger partial charge < -0.3 is 15.2 Å². The zero-order chi connectivity index (χ0) is 28.3. The topological polar surface area (TPSA) is 78.9 Å². The molecule has 206 valence electrons. The minimum Gasteiger partial charge on any atom is -0.492 e. The lowest BCUT2D eigenvalue weighted by molar-refractivity contribution is -0.138. The molecule has 0 fully saturated rings. The average molecular weight is 555 g/mol. The standard InChI is InChI=1S/C33H34N2O4S/c1-3-29(32(36)37)25-14-18-27(19-15-25)40-28-20-16-26(17-21-28)35(23-22-24-10-6-5-7-11-24)33(38)34-30-12-8-9-13-31(30)39-4-2/h5-21,29H,3-4,22-23H2,1-2H3,(H,34,38)(H,36,37). The molecule has 0 saturated carbocycles. The number of urea groups is 1. The Bertz CT molecular complexity index is 1390. The summed E-state index contributed by atoms with van der Waals surface area (Å²) >= 11 is 1.59. The van der Waals surface area contributed by atoms with Gasteiger partial charge in [-0.25, -0.2) is 4.79 Å². The fourth-order valence-corrected chi connectivity index (χ4v) is 5.24. The molecule has 0 aliphatic heterocycles. The van der Waals surface area contributed by atoms with E-state index >= 15 is 0 Å². The molecule has 7 heteroatoms. The van der Waals surface area contributed by atoms with E-state index in [4.69, 9.17) is 4.74 Å². The number of anilines is 2. The lowest BCUT2D eigenvalue weighted by atomic mass is 9.97. The molecule has 4 aromatic carbocycles. The predicted molar refractivity (Wildman–Crippen MR) is 162 cm³/mol. The number of nitrogens with one attached hydrogen (secondary N) is 1. The molecule has 0 radical (unpaired) electrons. The molecule has 0 saturated heterocycles. The van der Waals surface area contributed by atoms with Crippen LogP contribution in [0.1, 0.15) is 37.3 Å². The first-order valence-electron chi connectivity index (χ1n) is 13.4. The summed E-state index contributed by atoms with van der Waals surface area (Å²) in [5, 5.41) is 12.4. The Hall–Kier alpha value is -4.23. The van der Waals surface area contributed by atoms with Crippen LogP contribution >= 0.6 is 11.8 Å². The summed E-state index contributed by atoms with van der Waals surface area (Å²) in [6.07, 6.45) is 1.26. The van der Waals surface area contributed by atoms with Crippen molar-refractivity contribution in [1.29, 1.82) is 0 Å². The van der Waals surface area contributed by atoms with Crippen molar-refractivity contribution in [2.45, 2.75) is 42.4 Å². The first-order valence-corrected chi connectivity index (χ1v) is 14.2. The van der Waals surface area contributed by atoms with E-state index in [2.05, 4.69) is 17.4 Å². The summed E-state index contributed by atoms with van der Waals surface area (Å²) in [4.78, 5) is 28.8. The van der Waals surface area contributed by atoms with E-state index in [9.17, 15) is 14.7 Å². The van der Waals surface area contributed by atoms with Gasteiger partial charge in [-0.05, 0) is 79.4 Å². The van der Waals surface area contributed by atoms with Crippen LogP contribution in [0, 0.1) is 0 Å². The molecular weight excluding hydrogens is 520 g/mol. The lowest BCUT2D eigenvalue weighted by Crippen LogP contribution is -2.36. The molecule has 0 heterocycles. The third-order valence-corrected chi connectivity index (χ3v) is 7.53. The monoisotopic (exact) mass is 554 g/mol. The highest BCUT2D eigenvalue weighted by molar-refractivity contribution is 7.99. The van der Waals surface area contributed by atoms with Gasteiger partial charge in [-0.3, -0.25) is 9.69 Å². The van der Waals surface area contributed by atoms with Crippen molar-refractivity contribution in [1.82, 2.24) is 0 Å². The number of hydrogen-bond donors (Lipinski definition) is 2. The summed E-state index contributed by atoms with van der Waals surface area (Å²) in [5.41, 5.74) is 3.37. The number of carboxylic acids is 1. The molecule has 1 unspecified atom stereocenters. The first-order chi connectivity index (χ1) is 19.5. The Kier molecular flexibility index (Phi) is 10.2. The highest BCUT2D eigenvalue weighted by Gasteiger charge is 2.19.